The van der Waals surface area contributed by atoms with Crippen molar-refractivity contribution in [3.8, 4) is 0 Å². The van der Waals surface area contributed by atoms with Gasteiger partial charge < -0.3 is 20.4 Å². The first-order chi connectivity index (χ1) is 6.54. The summed E-state index contributed by atoms with van der Waals surface area (Å²) < 4.78 is 0. The fourth-order valence-electron chi connectivity index (χ4n) is 0.723. The summed E-state index contributed by atoms with van der Waals surface area (Å²) in [7, 11) is 0. The van der Waals surface area contributed by atoms with Crippen molar-refractivity contribution in [2.75, 3.05) is 13.2 Å². The summed E-state index contributed by atoms with van der Waals surface area (Å²) in [4.78, 5) is 13.0. The molecule has 0 unspecified atom stereocenters. The fraction of sp³-hybridized carbons (Fsp3) is 0.833. The van der Waals surface area contributed by atoms with Crippen molar-refractivity contribution in [2.24, 2.45) is 5.11 Å². The van der Waals surface area contributed by atoms with Gasteiger partial charge in [0.15, 0.2) is 5.78 Å². The highest BCUT2D eigenvalue weighted by Crippen LogP contribution is 2.02. The second-order valence-electron chi connectivity index (χ2n) is 2.54. The third-order valence-corrected chi connectivity index (χ3v) is 1.54. The Morgan fingerprint density at radius 2 is 2.00 bits per heavy atom. The normalized spacial score (nSPS) is 16.6. The van der Waals surface area contributed by atoms with Gasteiger partial charge in [0, 0.05) is 4.91 Å². The number of aliphatic hydroxyl groups is 4. The van der Waals surface area contributed by atoms with E-state index in [0.29, 0.717) is 0 Å². The van der Waals surface area contributed by atoms with E-state index in [9.17, 15) is 4.79 Å². The molecule has 0 aromatic carbocycles. The summed E-state index contributed by atoms with van der Waals surface area (Å²) in [5.74, 6) is -1.02. The maximum atomic E-state index is 10.7. The number of Topliss-reactive ketones (excluding diaryl/α,β-unsaturated/α-hetero) is 1. The first kappa shape index (κ1) is 12.8. The van der Waals surface area contributed by atoms with Gasteiger partial charge in [-0.15, -0.1) is 0 Å². The monoisotopic (exact) mass is 205 g/mol. The summed E-state index contributed by atoms with van der Waals surface area (Å²) >= 11 is 0. The number of hydrogen-bond acceptors (Lipinski definition) is 6. The highest BCUT2D eigenvalue weighted by molar-refractivity contribution is 5.84. The lowest BCUT2D eigenvalue weighted by atomic mass is 10.1. The van der Waals surface area contributed by atoms with Gasteiger partial charge in [-0.1, -0.05) is 5.11 Å². The van der Waals surface area contributed by atoms with E-state index in [1.807, 2.05) is 0 Å². The highest BCUT2D eigenvalue weighted by Gasteiger charge is 2.28. The lowest BCUT2D eigenvalue weighted by molar-refractivity contribution is -0.140. The van der Waals surface area contributed by atoms with Crippen LogP contribution in [-0.2, 0) is 4.79 Å². The zero-order valence-corrected chi connectivity index (χ0v) is 7.19. The van der Waals surface area contributed by atoms with Crippen LogP contribution in [0.2, 0.25) is 0 Å². The molecule has 0 saturated carbocycles. The number of nitrogens with zero attached hydrogens (tertiary/aromatic N) is 3. The van der Waals surface area contributed by atoms with Gasteiger partial charge >= 0.3 is 0 Å². The first-order valence-corrected chi connectivity index (χ1v) is 3.73. The smallest absolute Gasteiger partial charge is 0.189 e. The third-order valence-electron chi connectivity index (χ3n) is 1.54. The van der Waals surface area contributed by atoms with E-state index in [2.05, 4.69) is 10.0 Å². The largest absolute Gasteiger partial charge is 0.390 e. The zero-order chi connectivity index (χ0) is 11.1. The van der Waals surface area contributed by atoms with Gasteiger partial charge in [-0.05, 0) is 5.53 Å². The van der Waals surface area contributed by atoms with Gasteiger partial charge in [-0.2, -0.15) is 0 Å². The molecule has 0 heterocycles. The number of azide groups is 1. The van der Waals surface area contributed by atoms with Crippen LogP contribution in [0.1, 0.15) is 0 Å². The summed E-state index contributed by atoms with van der Waals surface area (Å²) in [5.41, 5.74) is 7.89. The molecule has 8 nitrogen and oxygen atoms in total. The van der Waals surface area contributed by atoms with Crippen molar-refractivity contribution in [3.05, 3.63) is 10.4 Å². The Hall–Kier alpha value is -1.18. The zero-order valence-electron chi connectivity index (χ0n) is 7.19. The van der Waals surface area contributed by atoms with Crippen molar-refractivity contribution in [1.82, 2.24) is 0 Å². The van der Waals surface area contributed by atoms with Crippen LogP contribution in [0.15, 0.2) is 5.11 Å². The minimum Gasteiger partial charge on any atom is -0.390 e. The van der Waals surface area contributed by atoms with Crippen molar-refractivity contribution >= 4 is 5.78 Å². The molecule has 0 aromatic heterocycles. The predicted octanol–water partition coefficient (Wildman–Crippen LogP) is -2.06. The molecule has 8 heteroatoms. The molecular formula is C6H11N3O5. The molecule has 0 bridgehead atoms. The fourth-order valence-corrected chi connectivity index (χ4v) is 0.723. The Bertz CT molecular complexity index is 240. The second kappa shape index (κ2) is 6.30. The Labute approximate surface area is 79.0 Å². The summed E-state index contributed by atoms with van der Waals surface area (Å²) in [5, 5.41) is 38.4. The summed E-state index contributed by atoms with van der Waals surface area (Å²) in [6, 6.07) is 0. The van der Waals surface area contributed by atoms with Gasteiger partial charge in [0.05, 0.1) is 12.6 Å². The molecule has 0 aliphatic carbocycles. The molecule has 0 rings (SSSR count). The minimum absolute atomic E-state index is 0.465. The van der Waals surface area contributed by atoms with E-state index in [-0.39, 0.29) is 0 Å². The van der Waals surface area contributed by atoms with Crippen LogP contribution in [0.25, 0.3) is 10.4 Å². The van der Waals surface area contributed by atoms with E-state index in [1.165, 1.54) is 0 Å². The standard InChI is InChI=1S/C6H11N3O5/c7-9-8-1-3(11)5(13)6(14)4(12)2-10/h3,5-6,10-11,13-14H,1-2H2/t3-,5-,6-/m1/s1. The average Bonchev–Trinajstić information content (AvgIpc) is 2.22. The van der Waals surface area contributed by atoms with Crippen LogP contribution in [0.4, 0.5) is 0 Å². The number of ketones is 1. The molecule has 0 fully saturated rings. The molecule has 3 atom stereocenters. The third kappa shape index (κ3) is 3.69. The molecule has 0 aromatic rings. The molecular weight excluding hydrogens is 194 g/mol. The molecule has 0 saturated heterocycles. The molecule has 0 amide bonds. The Balaban J connectivity index is 4.22. The Morgan fingerprint density at radius 3 is 2.43 bits per heavy atom. The topological polar surface area (TPSA) is 147 Å². The summed E-state index contributed by atoms with van der Waals surface area (Å²) in [6.07, 6.45) is -5.21. The van der Waals surface area contributed by atoms with E-state index in [1.54, 1.807) is 0 Å². The molecule has 0 spiro atoms. The molecule has 4 N–H and O–H groups in total. The van der Waals surface area contributed by atoms with E-state index in [0.717, 1.165) is 0 Å². The minimum atomic E-state index is -1.89. The number of carbonyl (C=O) groups excluding carboxylic acids is 1. The van der Waals surface area contributed by atoms with Gasteiger partial charge in [-0.25, -0.2) is 0 Å². The van der Waals surface area contributed by atoms with Gasteiger partial charge in [0.1, 0.15) is 18.8 Å². The molecule has 80 valence electrons. The first-order valence-electron chi connectivity index (χ1n) is 3.73. The Morgan fingerprint density at radius 1 is 1.43 bits per heavy atom. The SMILES string of the molecule is [N-]=[N+]=NC[C@@H](O)[C@@H](O)[C@H](O)C(=O)CO. The van der Waals surface area contributed by atoms with Crippen molar-refractivity contribution in [1.29, 1.82) is 0 Å². The second-order valence-corrected chi connectivity index (χ2v) is 2.54. The van der Waals surface area contributed by atoms with E-state index < -0.39 is 37.2 Å². The molecule has 0 radical (unpaired) electrons. The van der Waals surface area contributed by atoms with Crippen LogP contribution in [0.5, 0.6) is 0 Å². The van der Waals surface area contributed by atoms with Crippen LogP contribution in [0.3, 0.4) is 0 Å². The maximum absolute atomic E-state index is 10.7. The maximum Gasteiger partial charge on any atom is 0.189 e. The van der Waals surface area contributed by atoms with E-state index in [4.69, 9.17) is 26.0 Å². The van der Waals surface area contributed by atoms with Crippen LogP contribution >= 0.6 is 0 Å². The Kier molecular flexibility index (Phi) is 5.77. The number of hydrogen-bond donors (Lipinski definition) is 4. The van der Waals surface area contributed by atoms with Crippen LogP contribution in [-0.4, -0.2) is 57.7 Å². The van der Waals surface area contributed by atoms with Crippen molar-refractivity contribution < 1.29 is 25.2 Å². The van der Waals surface area contributed by atoms with Crippen LogP contribution < -0.4 is 0 Å². The average molecular weight is 205 g/mol. The molecule has 14 heavy (non-hydrogen) atoms. The number of rotatable bonds is 6. The van der Waals surface area contributed by atoms with Crippen molar-refractivity contribution in [2.45, 2.75) is 18.3 Å². The van der Waals surface area contributed by atoms with E-state index >= 15 is 0 Å². The number of carbonyl (C=O) groups is 1. The lowest BCUT2D eigenvalue weighted by Crippen LogP contribution is -2.44. The molecule has 0 aliphatic heterocycles. The van der Waals surface area contributed by atoms with Gasteiger partial charge in [0.2, 0.25) is 0 Å². The lowest BCUT2D eigenvalue weighted by Gasteiger charge is -2.19. The summed E-state index contributed by atoms with van der Waals surface area (Å²) in [6.45, 7) is -1.40. The van der Waals surface area contributed by atoms with Crippen molar-refractivity contribution in [3.63, 3.8) is 0 Å². The van der Waals surface area contributed by atoms with Gasteiger partial charge in [0.25, 0.3) is 0 Å². The number of aliphatic hydroxyl groups excluding tert-OH is 4. The highest BCUT2D eigenvalue weighted by atomic mass is 16.4. The molecule has 0 aliphatic rings. The predicted molar refractivity (Wildman–Crippen MR) is 44.1 cm³/mol. The van der Waals surface area contributed by atoms with Gasteiger partial charge in [-0.3, -0.25) is 4.79 Å². The van der Waals surface area contributed by atoms with Crippen LogP contribution in [0, 0.1) is 0 Å². The quantitative estimate of drug-likeness (QED) is 0.223.